The SMILES string of the molecule is CC(C)C(C(=O)O)C(C)(O)CC1CCC1. The van der Waals surface area contributed by atoms with Crippen molar-refractivity contribution in [2.24, 2.45) is 17.8 Å². The van der Waals surface area contributed by atoms with E-state index >= 15 is 0 Å². The molecule has 2 atom stereocenters. The van der Waals surface area contributed by atoms with Gasteiger partial charge >= 0.3 is 5.97 Å². The van der Waals surface area contributed by atoms with E-state index in [0.29, 0.717) is 12.3 Å². The van der Waals surface area contributed by atoms with E-state index in [1.807, 2.05) is 13.8 Å². The van der Waals surface area contributed by atoms with Gasteiger partial charge in [0.15, 0.2) is 0 Å². The number of hydrogen-bond acceptors (Lipinski definition) is 2. The number of carboxylic acids is 1. The highest BCUT2D eigenvalue weighted by atomic mass is 16.4. The van der Waals surface area contributed by atoms with Crippen molar-refractivity contribution in [3.63, 3.8) is 0 Å². The average Bonchev–Trinajstić information content (AvgIpc) is 1.94. The smallest absolute Gasteiger partial charge is 0.309 e. The summed E-state index contributed by atoms with van der Waals surface area (Å²) in [4.78, 5) is 11.1. The first-order valence-electron chi connectivity index (χ1n) is 5.80. The van der Waals surface area contributed by atoms with Gasteiger partial charge in [-0.3, -0.25) is 4.79 Å². The van der Waals surface area contributed by atoms with E-state index in [9.17, 15) is 9.90 Å². The molecular formula is C12H22O3. The second kappa shape index (κ2) is 4.52. The molecule has 2 N–H and O–H groups in total. The molecular weight excluding hydrogens is 192 g/mol. The highest BCUT2D eigenvalue weighted by Crippen LogP contribution is 2.38. The fraction of sp³-hybridized carbons (Fsp3) is 0.917. The number of carbonyl (C=O) groups is 1. The maximum Gasteiger partial charge on any atom is 0.309 e. The summed E-state index contributed by atoms with van der Waals surface area (Å²) in [6.45, 7) is 5.38. The Morgan fingerprint density at radius 2 is 2.00 bits per heavy atom. The zero-order valence-electron chi connectivity index (χ0n) is 9.86. The molecule has 0 bridgehead atoms. The van der Waals surface area contributed by atoms with Crippen LogP contribution >= 0.6 is 0 Å². The van der Waals surface area contributed by atoms with E-state index in [2.05, 4.69) is 0 Å². The quantitative estimate of drug-likeness (QED) is 0.738. The second-order valence-electron chi connectivity index (χ2n) is 5.42. The molecule has 3 nitrogen and oxygen atoms in total. The van der Waals surface area contributed by atoms with Crippen molar-refractivity contribution in [2.75, 3.05) is 0 Å². The van der Waals surface area contributed by atoms with Crippen LogP contribution in [0.25, 0.3) is 0 Å². The van der Waals surface area contributed by atoms with Crippen LogP contribution in [0, 0.1) is 17.8 Å². The van der Waals surface area contributed by atoms with Crippen LogP contribution in [0.3, 0.4) is 0 Å². The molecule has 0 heterocycles. The van der Waals surface area contributed by atoms with Crippen LogP contribution in [0.4, 0.5) is 0 Å². The maximum absolute atomic E-state index is 11.1. The van der Waals surface area contributed by atoms with Crippen molar-refractivity contribution < 1.29 is 15.0 Å². The molecule has 0 amide bonds. The van der Waals surface area contributed by atoms with Gasteiger partial charge in [-0.05, 0) is 25.2 Å². The first kappa shape index (κ1) is 12.5. The third-order valence-corrected chi connectivity index (χ3v) is 3.53. The van der Waals surface area contributed by atoms with Gasteiger partial charge in [0, 0.05) is 0 Å². The van der Waals surface area contributed by atoms with Crippen molar-refractivity contribution in [1.82, 2.24) is 0 Å². The van der Waals surface area contributed by atoms with Gasteiger partial charge in [-0.15, -0.1) is 0 Å². The minimum atomic E-state index is -1.06. The van der Waals surface area contributed by atoms with Gasteiger partial charge in [0.1, 0.15) is 0 Å². The molecule has 0 aromatic heterocycles. The molecule has 1 saturated carbocycles. The van der Waals surface area contributed by atoms with E-state index in [4.69, 9.17) is 5.11 Å². The first-order chi connectivity index (χ1) is 6.84. The average molecular weight is 214 g/mol. The van der Waals surface area contributed by atoms with Gasteiger partial charge in [-0.25, -0.2) is 0 Å². The Labute approximate surface area is 91.5 Å². The molecule has 0 saturated heterocycles. The van der Waals surface area contributed by atoms with Gasteiger partial charge in [0.05, 0.1) is 11.5 Å². The minimum Gasteiger partial charge on any atom is -0.481 e. The van der Waals surface area contributed by atoms with E-state index in [0.717, 1.165) is 12.8 Å². The van der Waals surface area contributed by atoms with E-state index < -0.39 is 17.5 Å². The lowest BCUT2D eigenvalue weighted by molar-refractivity contribution is -0.156. The molecule has 3 heteroatoms. The lowest BCUT2D eigenvalue weighted by atomic mass is 9.71. The monoisotopic (exact) mass is 214 g/mol. The molecule has 0 spiro atoms. The Kier molecular flexibility index (Phi) is 3.77. The number of aliphatic hydroxyl groups is 1. The first-order valence-corrected chi connectivity index (χ1v) is 5.80. The molecule has 0 radical (unpaired) electrons. The van der Waals surface area contributed by atoms with Gasteiger partial charge in [-0.1, -0.05) is 33.1 Å². The molecule has 1 fully saturated rings. The standard InChI is InChI=1S/C12H22O3/c1-8(2)10(11(13)14)12(3,15)7-9-5-4-6-9/h8-10,15H,4-7H2,1-3H3,(H,13,14). The number of hydrogen-bond donors (Lipinski definition) is 2. The zero-order chi connectivity index (χ0) is 11.6. The van der Waals surface area contributed by atoms with Crippen molar-refractivity contribution in [3.05, 3.63) is 0 Å². The van der Waals surface area contributed by atoms with Crippen LogP contribution in [0.5, 0.6) is 0 Å². The highest BCUT2D eigenvalue weighted by molar-refractivity contribution is 5.71. The third-order valence-electron chi connectivity index (χ3n) is 3.53. The lowest BCUT2D eigenvalue weighted by Gasteiger charge is -2.38. The van der Waals surface area contributed by atoms with Gasteiger partial charge in [0.2, 0.25) is 0 Å². The van der Waals surface area contributed by atoms with Crippen molar-refractivity contribution in [1.29, 1.82) is 0 Å². The summed E-state index contributed by atoms with van der Waals surface area (Å²) < 4.78 is 0. The van der Waals surface area contributed by atoms with E-state index in [1.54, 1.807) is 6.92 Å². The van der Waals surface area contributed by atoms with Gasteiger partial charge in [0.25, 0.3) is 0 Å². The molecule has 2 unspecified atom stereocenters. The topological polar surface area (TPSA) is 57.5 Å². The molecule has 0 aromatic rings. The predicted octanol–water partition coefficient (Wildman–Crippen LogP) is 2.28. The molecule has 0 aromatic carbocycles. The highest BCUT2D eigenvalue weighted by Gasteiger charge is 2.41. The minimum absolute atomic E-state index is 0.0300. The predicted molar refractivity (Wildman–Crippen MR) is 58.5 cm³/mol. The Bertz CT molecular complexity index is 229. The molecule has 1 rings (SSSR count). The molecule has 88 valence electrons. The van der Waals surface area contributed by atoms with Crippen LogP contribution in [-0.2, 0) is 4.79 Å². The molecule has 1 aliphatic rings. The Morgan fingerprint density at radius 1 is 1.47 bits per heavy atom. The summed E-state index contributed by atoms with van der Waals surface area (Å²) in [6, 6.07) is 0. The van der Waals surface area contributed by atoms with Crippen LogP contribution < -0.4 is 0 Å². The summed E-state index contributed by atoms with van der Waals surface area (Å²) >= 11 is 0. The van der Waals surface area contributed by atoms with Gasteiger partial charge in [-0.2, -0.15) is 0 Å². The fourth-order valence-electron chi connectivity index (χ4n) is 2.68. The van der Waals surface area contributed by atoms with Crippen LogP contribution in [0.15, 0.2) is 0 Å². The Hall–Kier alpha value is -0.570. The lowest BCUT2D eigenvalue weighted by Crippen LogP contribution is -2.44. The zero-order valence-corrected chi connectivity index (χ0v) is 9.86. The van der Waals surface area contributed by atoms with Crippen molar-refractivity contribution >= 4 is 5.97 Å². The van der Waals surface area contributed by atoms with Crippen molar-refractivity contribution in [2.45, 2.75) is 52.1 Å². The molecule has 0 aliphatic heterocycles. The van der Waals surface area contributed by atoms with Gasteiger partial charge < -0.3 is 10.2 Å². The van der Waals surface area contributed by atoms with Crippen LogP contribution in [-0.4, -0.2) is 21.8 Å². The largest absolute Gasteiger partial charge is 0.481 e. The normalized spacial score (nSPS) is 23.3. The fourth-order valence-corrected chi connectivity index (χ4v) is 2.68. The number of rotatable bonds is 5. The van der Waals surface area contributed by atoms with Crippen LogP contribution in [0.2, 0.25) is 0 Å². The number of carboxylic acid groups (broad SMARTS) is 1. The Morgan fingerprint density at radius 3 is 2.27 bits per heavy atom. The van der Waals surface area contributed by atoms with Crippen LogP contribution in [0.1, 0.15) is 46.5 Å². The summed E-state index contributed by atoms with van der Waals surface area (Å²) in [6.07, 6.45) is 4.13. The molecule has 15 heavy (non-hydrogen) atoms. The Balaban J connectivity index is 2.65. The molecule has 1 aliphatic carbocycles. The van der Waals surface area contributed by atoms with Crippen molar-refractivity contribution in [3.8, 4) is 0 Å². The number of aliphatic carboxylic acids is 1. The van der Waals surface area contributed by atoms with E-state index in [1.165, 1.54) is 6.42 Å². The summed E-state index contributed by atoms with van der Waals surface area (Å²) in [5.74, 6) is -1.04. The van der Waals surface area contributed by atoms with E-state index in [-0.39, 0.29) is 5.92 Å². The summed E-state index contributed by atoms with van der Waals surface area (Å²) in [5.41, 5.74) is -1.06. The third kappa shape index (κ3) is 2.94. The maximum atomic E-state index is 11.1. The second-order valence-corrected chi connectivity index (χ2v) is 5.42. The summed E-state index contributed by atoms with van der Waals surface area (Å²) in [7, 11) is 0. The summed E-state index contributed by atoms with van der Waals surface area (Å²) in [5, 5.41) is 19.4.